The Balaban J connectivity index is 1.66. The molecular weight excluding hydrogens is 344 g/mol. The largest absolute Gasteiger partial charge is 0.356 e. The molecule has 24 heavy (non-hydrogen) atoms. The van der Waals surface area contributed by atoms with E-state index in [1.165, 1.54) is 21.0 Å². The van der Waals surface area contributed by atoms with Gasteiger partial charge in [-0.1, -0.05) is 17.7 Å². The van der Waals surface area contributed by atoms with Crippen LogP contribution in [-0.4, -0.2) is 50.3 Å². The number of hydrogen-bond donors (Lipinski definition) is 1. The Hall–Kier alpha value is -1.05. The zero-order valence-electron chi connectivity index (χ0n) is 14.3. The van der Waals surface area contributed by atoms with E-state index in [4.69, 9.17) is 0 Å². The van der Waals surface area contributed by atoms with Gasteiger partial charge in [0.2, 0.25) is 15.9 Å². The fourth-order valence-corrected chi connectivity index (χ4v) is 4.47. The third kappa shape index (κ3) is 6.11. The Bertz CT molecular complexity index is 644. The summed E-state index contributed by atoms with van der Waals surface area (Å²) in [6, 6.07) is 8.42. The standard InChI is InChI=1S/C17H26N2O3S2/c1-14-6-8-16(9-7-14)23-12-4-10-18-17(20)15-5-3-11-19(13-15)24(2,21)22/h6-9,15H,3-5,10-13H2,1-2H3,(H,18,20)/t15-/m0/s1. The molecule has 1 heterocycles. The molecule has 5 nitrogen and oxygen atoms in total. The first-order valence-corrected chi connectivity index (χ1v) is 11.1. The molecule has 1 aliphatic rings. The molecule has 1 amide bonds. The summed E-state index contributed by atoms with van der Waals surface area (Å²) in [6.07, 6.45) is 3.60. The van der Waals surface area contributed by atoms with Gasteiger partial charge in [-0.25, -0.2) is 12.7 Å². The van der Waals surface area contributed by atoms with Crippen LogP contribution in [0.5, 0.6) is 0 Å². The summed E-state index contributed by atoms with van der Waals surface area (Å²) < 4.78 is 24.6. The quantitative estimate of drug-likeness (QED) is 0.591. The van der Waals surface area contributed by atoms with Crippen LogP contribution in [0.25, 0.3) is 0 Å². The molecule has 2 rings (SSSR count). The van der Waals surface area contributed by atoms with Gasteiger partial charge in [0, 0.05) is 24.5 Å². The molecular formula is C17H26N2O3S2. The number of benzene rings is 1. The number of thioether (sulfide) groups is 1. The molecule has 0 aromatic heterocycles. The van der Waals surface area contributed by atoms with Crippen molar-refractivity contribution in [3.63, 3.8) is 0 Å². The first-order valence-electron chi connectivity index (χ1n) is 8.28. The molecule has 0 unspecified atom stereocenters. The lowest BCUT2D eigenvalue weighted by atomic mass is 9.99. The molecule has 0 bridgehead atoms. The van der Waals surface area contributed by atoms with Gasteiger partial charge in [-0.3, -0.25) is 4.79 Å². The zero-order chi connectivity index (χ0) is 17.6. The molecule has 1 saturated heterocycles. The smallest absolute Gasteiger partial charge is 0.224 e. The van der Waals surface area contributed by atoms with Crippen molar-refractivity contribution in [1.82, 2.24) is 9.62 Å². The van der Waals surface area contributed by atoms with Crippen molar-refractivity contribution in [2.45, 2.75) is 31.1 Å². The lowest BCUT2D eigenvalue weighted by molar-refractivity contribution is -0.126. The van der Waals surface area contributed by atoms with Crippen molar-refractivity contribution < 1.29 is 13.2 Å². The third-order valence-corrected chi connectivity index (χ3v) is 6.50. The molecule has 1 aliphatic heterocycles. The van der Waals surface area contributed by atoms with Gasteiger partial charge in [0.25, 0.3) is 0 Å². The maximum absolute atomic E-state index is 12.2. The maximum Gasteiger partial charge on any atom is 0.224 e. The summed E-state index contributed by atoms with van der Waals surface area (Å²) in [5.74, 6) is 0.700. The zero-order valence-corrected chi connectivity index (χ0v) is 16.0. The maximum atomic E-state index is 12.2. The van der Waals surface area contributed by atoms with E-state index in [-0.39, 0.29) is 11.8 Å². The van der Waals surface area contributed by atoms with Crippen molar-refractivity contribution in [3.8, 4) is 0 Å². The number of aryl methyl sites for hydroxylation is 1. The lowest BCUT2D eigenvalue weighted by Gasteiger charge is -2.30. The minimum absolute atomic E-state index is 0.0244. The molecule has 0 aliphatic carbocycles. The minimum atomic E-state index is -3.21. The van der Waals surface area contributed by atoms with E-state index in [0.29, 0.717) is 19.6 Å². The van der Waals surface area contributed by atoms with E-state index < -0.39 is 10.0 Å². The highest BCUT2D eigenvalue weighted by Gasteiger charge is 2.29. The van der Waals surface area contributed by atoms with Crippen LogP contribution in [-0.2, 0) is 14.8 Å². The molecule has 1 aromatic carbocycles. The molecule has 0 saturated carbocycles. The van der Waals surface area contributed by atoms with Crippen LogP contribution in [0.15, 0.2) is 29.2 Å². The van der Waals surface area contributed by atoms with Gasteiger partial charge < -0.3 is 5.32 Å². The van der Waals surface area contributed by atoms with E-state index in [2.05, 4.69) is 36.5 Å². The Labute approximate surface area is 149 Å². The number of rotatable bonds is 7. The average Bonchev–Trinajstić information content (AvgIpc) is 2.55. The van der Waals surface area contributed by atoms with Gasteiger partial charge in [-0.15, -0.1) is 11.8 Å². The van der Waals surface area contributed by atoms with Crippen molar-refractivity contribution in [3.05, 3.63) is 29.8 Å². The predicted molar refractivity (Wildman–Crippen MR) is 98.7 cm³/mol. The Morgan fingerprint density at radius 3 is 2.71 bits per heavy atom. The number of carbonyl (C=O) groups is 1. The number of piperidine rings is 1. The summed E-state index contributed by atoms with van der Waals surface area (Å²) in [4.78, 5) is 13.4. The molecule has 0 spiro atoms. The Kier molecular flexibility index (Phi) is 7.13. The van der Waals surface area contributed by atoms with Crippen molar-refractivity contribution in [2.75, 3.05) is 31.6 Å². The van der Waals surface area contributed by atoms with E-state index in [9.17, 15) is 13.2 Å². The molecule has 0 radical (unpaired) electrons. The second-order valence-electron chi connectivity index (χ2n) is 6.27. The van der Waals surface area contributed by atoms with Crippen LogP contribution in [0.2, 0.25) is 0 Å². The molecule has 1 aromatic rings. The van der Waals surface area contributed by atoms with E-state index in [1.807, 2.05) is 0 Å². The third-order valence-electron chi connectivity index (χ3n) is 4.13. The minimum Gasteiger partial charge on any atom is -0.356 e. The lowest BCUT2D eigenvalue weighted by Crippen LogP contribution is -2.45. The molecule has 7 heteroatoms. The topological polar surface area (TPSA) is 66.5 Å². The number of sulfonamides is 1. The number of nitrogens with one attached hydrogen (secondary N) is 1. The monoisotopic (exact) mass is 370 g/mol. The van der Waals surface area contributed by atoms with Gasteiger partial charge in [-0.05, 0) is 44.1 Å². The summed E-state index contributed by atoms with van der Waals surface area (Å²) in [5, 5.41) is 2.95. The first kappa shape index (κ1) is 19.3. The van der Waals surface area contributed by atoms with Crippen LogP contribution >= 0.6 is 11.8 Å². The fourth-order valence-electron chi connectivity index (χ4n) is 2.71. The number of hydrogen-bond acceptors (Lipinski definition) is 4. The first-order chi connectivity index (χ1) is 11.4. The van der Waals surface area contributed by atoms with Crippen molar-refractivity contribution in [2.24, 2.45) is 5.92 Å². The second kappa shape index (κ2) is 8.87. The summed E-state index contributed by atoms with van der Waals surface area (Å²) in [6.45, 7) is 3.53. The SMILES string of the molecule is Cc1ccc(SCCCNC(=O)[C@H]2CCCN(S(C)(=O)=O)C2)cc1. The van der Waals surface area contributed by atoms with Crippen LogP contribution in [0.4, 0.5) is 0 Å². The Morgan fingerprint density at radius 1 is 1.33 bits per heavy atom. The predicted octanol–water partition coefficient (Wildman–Crippen LogP) is 2.27. The molecule has 1 N–H and O–H groups in total. The van der Waals surface area contributed by atoms with Crippen molar-refractivity contribution in [1.29, 1.82) is 0 Å². The van der Waals surface area contributed by atoms with Gasteiger partial charge in [0.15, 0.2) is 0 Å². The number of nitrogens with zero attached hydrogens (tertiary/aromatic N) is 1. The van der Waals surface area contributed by atoms with Crippen molar-refractivity contribution >= 4 is 27.7 Å². The number of amides is 1. The highest BCUT2D eigenvalue weighted by molar-refractivity contribution is 7.99. The summed E-state index contributed by atoms with van der Waals surface area (Å²) in [5.41, 5.74) is 1.25. The highest BCUT2D eigenvalue weighted by atomic mass is 32.2. The number of carbonyl (C=O) groups excluding carboxylic acids is 1. The molecule has 1 atom stereocenters. The van der Waals surface area contributed by atoms with Gasteiger partial charge >= 0.3 is 0 Å². The van der Waals surface area contributed by atoms with E-state index in [0.717, 1.165) is 25.0 Å². The molecule has 134 valence electrons. The van der Waals surface area contributed by atoms with Crippen LogP contribution in [0, 0.1) is 12.8 Å². The second-order valence-corrected chi connectivity index (χ2v) is 9.42. The van der Waals surface area contributed by atoms with Gasteiger partial charge in [-0.2, -0.15) is 0 Å². The molecule has 1 fully saturated rings. The van der Waals surface area contributed by atoms with E-state index in [1.54, 1.807) is 11.8 Å². The van der Waals surface area contributed by atoms with E-state index >= 15 is 0 Å². The van der Waals surface area contributed by atoms with Crippen LogP contribution < -0.4 is 5.32 Å². The normalized spacial score (nSPS) is 19.2. The summed E-state index contributed by atoms with van der Waals surface area (Å²) >= 11 is 1.78. The van der Waals surface area contributed by atoms with Gasteiger partial charge in [0.1, 0.15) is 0 Å². The summed E-state index contributed by atoms with van der Waals surface area (Å²) in [7, 11) is -3.21. The highest BCUT2D eigenvalue weighted by Crippen LogP contribution is 2.20. The average molecular weight is 371 g/mol. The van der Waals surface area contributed by atoms with Crippen LogP contribution in [0.1, 0.15) is 24.8 Å². The fraction of sp³-hybridized carbons (Fsp3) is 0.588. The Morgan fingerprint density at radius 2 is 2.04 bits per heavy atom. The van der Waals surface area contributed by atoms with Gasteiger partial charge in [0.05, 0.1) is 12.2 Å². The van der Waals surface area contributed by atoms with Crippen LogP contribution in [0.3, 0.4) is 0 Å².